The standard InChI is InChI=1S/C12H13N3O2S/c16-11(17)2-1-10-8-18-12(15-10)14-7-9-3-5-13-6-4-9/h3-6,8H,1-2,7H2,(H,14,15)(H,16,17). The number of carboxylic acid groups (broad SMARTS) is 1. The zero-order valence-corrected chi connectivity index (χ0v) is 10.5. The normalized spacial score (nSPS) is 10.2. The van der Waals surface area contributed by atoms with Gasteiger partial charge in [0.15, 0.2) is 5.13 Å². The minimum absolute atomic E-state index is 0.119. The number of thiazole rings is 1. The van der Waals surface area contributed by atoms with Crippen LogP contribution in [-0.2, 0) is 17.8 Å². The molecular weight excluding hydrogens is 250 g/mol. The molecule has 2 rings (SSSR count). The van der Waals surface area contributed by atoms with E-state index in [0.29, 0.717) is 13.0 Å². The van der Waals surface area contributed by atoms with E-state index in [9.17, 15) is 4.79 Å². The zero-order valence-electron chi connectivity index (χ0n) is 9.67. The average molecular weight is 263 g/mol. The molecule has 0 spiro atoms. The monoisotopic (exact) mass is 263 g/mol. The van der Waals surface area contributed by atoms with Crippen LogP contribution >= 0.6 is 11.3 Å². The van der Waals surface area contributed by atoms with Gasteiger partial charge in [0.1, 0.15) is 0 Å². The van der Waals surface area contributed by atoms with E-state index in [4.69, 9.17) is 5.11 Å². The second kappa shape index (κ2) is 6.11. The molecule has 2 aromatic rings. The molecule has 0 aliphatic heterocycles. The Morgan fingerprint density at radius 2 is 2.17 bits per heavy atom. The minimum atomic E-state index is -0.797. The first kappa shape index (κ1) is 12.5. The summed E-state index contributed by atoms with van der Waals surface area (Å²) in [6.07, 6.45) is 4.09. The smallest absolute Gasteiger partial charge is 0.303 e. The lowest BCUT2D eigenvalue weighted by Crippen LogP contribution is -2.00. The molecule has 2 heterocycles. The molecule has 18 heavy (non-hydrogen) atoms. The molecule has 0 aromatic carbocycles. The SMILES string of the molecule is O=C(O)CCc1csc(NCc2ccncc2)n1. The van der Waals surface area contributed by atoms with Gasteiger partial charge in [-0.15, -0.1) is 11.3 Å². The zero-order chi connectivity index (χ0) is 12.8. The van der Waals surface area contributed by atoms with Crippen LogP contribution in [0.15, 0.2) is 29.9 Å². The van der Waals surface area contributed by atoms with Gasteiger partial charge >= 0.3 is 5.97 Å². The third kappa shape index (κ3) is 3.81. The number of pyridine rings is 1. The summed E-state index contributed by atoms with van der Waals surface area (Å²) in [5, 5.41) is 14.5. The van der Waals surface area contributed by atoms with Gasteiger partial charge in [-0.05, 0) is 17.7 Å². The largest absolute Gasteiger partial charge is 0.481 e. The molecule has 6 heteroatoms. The molecule has 0 aliphatic carbocycles. The second-order valence-corrected chi connectivity index (χ2v) is 4.60. The number of rotatable bonds is 6. The van der Waals surface area contributed by atoms with E-state index in [2.05, 4.69) is 15.3 Å². The Morgan fingerprint density at radius 3 is 2.89 bits per heavy atom. The molecule has 94 valence electrons. The van der Waals surface area contributed by atoms with E-state index in [0.717, 1.165) is 16.4 Å². The van der Waals surface area contributed by atoms with Crippen molar-refractivity contribution in [1.82, 2.24) is 9.97 Å². The second-order valence-electron chi connectivity index (χ2n) is 3.75. The van der Waals surface area contributed by atoms with Crippen LogP contribution < -0.4 is 5.32 Å². The van der Waals surface area contributed by atoms with Crippen LogP contribution in [0.4, 0.5) is 5.13 Å². The van der Waals surface area contributed by atoms with E-state index in [-0.39, 0.29) is 6.42 Å². The van der Waals surface area contributed by atoms with Gasteiger partial charge in [-0.3, -0.25) is 9.78 Å². The number of nitrogens with one attached hydrogen (secondary N) is 1. The highest BCUT2D eigenvalue weighted by Gasteiger charge is 2.04. The Balaban J connectivity index is 1.85. The molecule has 0 amide bonds. The number of carbonyl (C=O) groups is 1. The van der Waals surface area contributed by atoms with E-state index in [1.54, 1.807) is 12.4 Å². The van der Waals surface area contributed by atoms with Crippen molar-refractivity contribution in [1.29, 1.82) is 0 Å². The first-order chi connectivity index (χ1) is 8.74. The maximum atomic E-state index is 10.4. The van der Waals surface area contributed by atoms with Gasteiger partial charge in [0.2, 0.25) is 0 Å². The van der Waals surface area contributed by atoms with Gasteiger partial charge in [-0.1, -0.05) is 0 Å². The van der Waals surface area contributed by atoms with Crippen molar-refractivity contribution >= 4 is 22.4 Å². The summed E-state index contributed by atoms with van der Waals surface area (Å²) in [4.78, 5) is 18.7. The van der Waals surface area contributed by atoms with Gasteiger partial charge < -0.3 is 10.4 Å². The highest BCUT2D eigenvalue weighted by atomic mass is 32.1. The molecule has 0 saturated carbocycles. The van der Waals surface area contributed by atoms with E-state index < -0.39 is 5.97 Å². The van der Waals surface area contributed by atoms with Gasteiger partial charge in [0, 0.05) is 30.7 Å². The lowest BCUT2D eigenvalue weighted by molar-refractivity contribution is -0.136. The third-order valence-corrected chi connectivity index (χ3v) is 3.19. The number of aryl methyl sites for hydroxylation is 1. The molecule has 0 aliphatic rings. The Bertz CT molecular complexity index is 513. The van der Waals surface area contributed by atoms with Crippen molar-refractivity contribution in [3.8, 4) is 0 Å². The quantitative estimate of drug-likeness (QED) is 0.835. The van der Waals surface area contributed by atoms with Crippen molar-refractivity contribution < 1.29 is 9.90 Å². The molecule has 0 bridgehead atoms. The number of hydrogen-bond donors (Lipinski definition) is 2. The van der Waals surface area contributed by atoms with Crippen molar-refractivity contribution in [3.05, 3.63) is 41.2 Å². The summed E-state index contributed by atoms with van der Waals surface area (Å²) >= 11 is 1.49. The average Bonchev–Trinajstić information content (AvgIpc) is 2.83. The summed E-state index contributed by atoms with van der Waals surface area (Å²) < 4.78 is 0. The van der Waals surface area contributed by atoms with Crippen LogP contribution in [0, 0.1) is 0 Å². The maximum Gasteiger partial charge on any atom is 0.303 e. The number of aromatic nitrogens is 2. The Morgan fingerprint density at radius 1 is 1.39 bits per heavy atom. The Hall–Kier alpha value is -1.95. The predicted molar refractivity (Wildman–Crippen MR) is 69.6 cm³/mol. The van der Waals surface area contributed by atoms with E-state index in [1.807, 2.05) is 17.5 Å². The summed E-state index contributed by atoms with van der Waals surface area (Å²) in [5.74, 6) is -0.797. The van der Waals surface area contributed by atoms with Crippen LogP contribution in [-0.4, -0.2) is 21.0 Å². The number of carboxylic acids is 1. The topological polar surface area (TPSA) is 75.1 Å². The van der Waals surface area contributed by atoms with Crippen molar-refractivity contribution in [2.45, 2.75) is 19.4 Å². The molecule has 0 atom stereocenters. The number of nitrogens with zero attached hydrogens (tertiary/aromatic N) is 2. The Kier molecular flexibility index (Phi) is 4.25. The highest BCUT2D eigenvalue weighted by Crippen LogP contribution is 2.17. The lowest BCUT2D eigenvalue weighted by atomic mass is 10.2. The molecule has 0 unspecified atom stereocenters. The van der Waals surface area contributed by atoms with Gasteiger partial charge in [0.25, 0.3) is 0 Å². The summed E-state index contributed by atoms with van der Waals surface area (Å²) in [6.45, 7) is 0.689. The van der Waals surface area contributed by atoms with Crippen LogP contribution in [0.2, 0.25) is 0 Å². The van der Waals surface area contributed by atoms with Crippen LogP contribution in [0.5, 0.6) is 0 Å². The van der Waals surface area contributed by atoms with Crippen molar-refractivity contribution in [2.75, 3.05) is 5.32 Å². The van der Waals surface area contributed by atoms with E-state index >= 15 is 0 Å². The first-order valence-electron chi connectivity index (χ1n) is 5.53. The van der Waals surface area contributed by atoms with E-state index in [1.165, 1.54) is 11.3 Å². The van der Waals surface area contributed by atoms with Crippen LogP contribution in [0.3, 0.4) is 0 Å². The van der Waals surface area contributed by atoms with Gasteiger partial charge in [-0.25, -0.2) is 4.98 Å². The van der Waals surface area contributed by atoms with Crippen molar-refractivity contribution in [2.24, 2.45) is 0 Å². The third-order valence-electron chi connectivity index (χ3n) is 2.34. The number of anilines is 1. The summed E-state index contributed by atoms with van der Waals surface area (Å²) in [5.41, 5.74) is 1.95. The molecule has 2 aromatic heterocycles. The number of hydrogen-bond acceptors (Lipinski definition) is 5. The summed E-state index contributed by atoms with van der Waals surface area (Å²) in [7, 11) is 0. The molecule has 0 radical (unpaired) electrons. The fourth-order valence-corrected chi connectivity index (χ4v) is 2.16. The molecule has 2 N–H and O–H groups in total. The number of aliphatic carboxylic acids is 1. The maximum absolute atomic E-state index is 10.4. The van der Waals surface area contributed by atoms with Gasteiger partial charge in [-0.2, -0.15) is 0 Å². The molecule has 0 saturated heterocycles. The Labute approximate surface area is 109 Å². The molecule has 5 nitrogen and oxygen atoms in total. The summed E-state index contributed by atoms with van der Waals surface area (Å²) in [6, 6.07) is 3.87. The predicted octanol–water partition coefficient (Wildman–Crippen LogP) is 2.17. The van der Waals surface area contributed by atoms with Crippen LogP contribution in [0.1, 0.15) is 17.7 Å². The molecular formula is C12H13N3O2S. The van der Waals surface area contributed by atoms with Crippen molar-refractivity contribution in [3.63, 3.8) is 0 Å². The molecule has 0 fully saturated rings. The van der Waals surface area contributed by atoms with Crippen LogP contribution in [0.25, 0.3) is 0 Å². The first-order valence-corrected chi connectivity index (χ1v) is 6.41. The fourth-order valence-electron chi connectivity index (χ4n) is 1.42. The minimum Gasteiger partial charge on any atom is -0.481 e. The highest BCUT2D eigenvalue weighted by molar-refractivity contribution is 7.13. The fraction of sp³-hybridized carbons (Fsp3) is 0.250. The lowest BCUT2D eigenvalue weighted by Gasteiger charge is -2.01. The van der Waals surface area contributed by atoms with Gasteiger partial charge in [0.05, 0.1) is 12.1 Å².